The lowest BCUT2D eigenvalue weighted by Gasteiger charge is -2.21. The third-order valence-corrected chi connectivity index (χ3v) is 3.37. The van der Waals surface area contributed by atoms with Gasteiger partial charge in [-0.25, -0.2) is 0 Å². The summed E-state index contributed by atoms with van der Waals surface area (Å²) in [7, 11) is 0. The van der Waals surface area contributed by atoms with Crippen LogP contribution in [0.25, 0.3) is 0 Å². The second-order valence-electron chi connectivity index (χ2n) is 4.45. The normalized spacial score (nSPS) is 20.5. The summed E-state index contributed by atoms with van der Waals surface area (Å²) in [6, 6.07) is 2.20. The van der Waals surface area contributed by atoms with Crippen molar-refractivity contribution in [2.24, 2.45) is 17.6 Å². The van der Waals surface area contributed by atoms with E-state index in [0.717, 1.165) is 5.92 Å². The summed E-state index contributed by atoms with van der Waals surface area (Å²) in [5.74, 6) is 1.45. The van der Waals surface area contributed by atoms with Gasteiger partial charge in [-0.3, -0.25) is 4.98 Å². The molecule has 2 unspecified atom stereocenters. The minimum Gasteiger partial charge on any atom is -0.324 e. The molecule has 1 aromatic rings. The van der Waals surface area contributed by atoms with E-state index in [0.29, 0.717) is 5.92 Å². The summed E-state index contributed by atoms with van der Waals surface area (Å²) in [6.07, 6.45) is 6.45. The van der Waals surface area contributed by atoms with Crippen LogP contribution in [0.15, 0.2) is 18.5 Å². The molecular weight excluding hydrogens is 172 g/mol. The van der Waals surface area contributed by atoms with Gasteiger partial charge in [-0.05, 0) is 48.8 Å². The van der Waals surface area contributed by atoms with Crippen LogP contribution in [0.4, 0.5) is 0 Å². The summed E-state index contributed by atoms with van der Waals surface area (Å²) in [5, 5.41) is 0. The lowest BCUT2D eigenvalue weighted by molar-refractivity contribution is 0.415. The van der Waals surface area contributed by atoms with E-state index >= 15 is 0 Å². The first-order valence-corrected chi connectivity index (χ1v) is 5.36. The summed E-state index contributed by atoms with van der Waals surface area (Å²) in [4.78, 5) is 4.15. The maximum absolute atomic E-state index is 6.24. The maximum atomic E-state index is 6.24. The predicted molar refractivity (Wildman–Crippen MR) is 57.8 cm³/mol. The summed E-state index contributed by atoms with van der Waals surface area (Å²) < 4.78 is 0. The van der Waals surface area contributed by atoms with E-state index in [1.165, 1.54) is 24.0 Å². The SMILES string of the molecule is Cc1ccncc1C(N)C(C)C1CC1. The fourth-order valence-corrected chi connectivity index (χ4v) is 2.02. The fraction of sp³-hybridized carbons (Fsp3) is 0.583. The Morgan fingerprint density at radius 1 is 1.50 bits per heavy atom. The van der Waals surface area contributed by atoms with Crippen LogP contribution in [-0.2, 0) is 0 Å². The van der Waals surface area contributed by atoms with Gasteiger partial charge in [-0.2, -0.15) is 0 Å². The van der Waals surface area contributed by atoms with Crippen LogP contribution < -0.4 is 5.73 Å². The van der Waals surface area contributed by atoms with Gasteiger partial charge >= 0.3 is 0 Å². The van der Waals surface area contributed by atoms with Crippen molar-refractivity contribution in [3.05, 3.63) is 29.6 Å². The molecule has 0 radical (unpaired) electrons. The number of aromatic nitrogens is 1. The lowest BCUT2D eigenvalue weighted by Crippen LogP contribution is -2.21. The van der Waals surface area contributed by atoms with Crippen LogP contribution in [0.5, 0.6) is 0 Å². The molecule has 2 atom stereocenters. The highest BCUT2D eigenvalue weighted by molar-refractivity contribution is 5.25. The van der Waals surface area contributed by atoms with Crippen molar-refractivity contribution in [3.63, 3.8) is 0 Å². The second-order valence-corrected chi connectivity index (χ2v) is 4.45. The van der Waals surface area contributed by atoms with Gasteiger partial charge in [-0.1, -0.05) is 6.92 Å². The zero-order valence-corrected chi connectivity index (χ0v) is 8.90. The van der Waals surface area contributed by atoms with Gasteiger partial charge in [0.05, 0.1) is 0 Å². The Bertz CT molecular complexity index is 318. The molecule has 0 bridgehead atoms. The Kier molecular flexibility index (Phi) is 2.55. The number of aryl methyl sites for hydroxylation is 1. The molecule has 1 fully saturated rings. The highest BCUT2D eigenvalue weighted by atomic mass is 14.7. The predicted octanol–water partition coefficient (Wildman–Crippen LogP) is 2.44. The molecule has 2 nitrogen and oxygen atoms in total. The molecule has 1 aliphatic carbocycles. The number of pyridine rings is 1. The van der Waals surface area contributed by atoms with E-state index in [-0.39, 0.29) is 6.04 Å². The van der Waals surface area contributed by atoms with Gasteiger partial charge in [-0.15, -0.1) is 0 Å². The molecule has 1 heterocycles. The van der Waals surface area contributed by atoms with Gasteiger partial charge in [0.15, 0.2) is 0 Å². The zero-order valence-electron chi connectivity index (χ0n) is 8.90. The monoisotopic (exact) mass is 190 g/mol. The number of nitrogens with two attached hydrogens (primary N) is 1. The molecule has 1 aromatic heterocycles. The summed E-state index contributed by atoms with van der Waals surface area (Å²) in [5.41, 5.74) is 8.72. The van der Waals surface area contributed by atoms with Crippen molar-refractivity contribution >= 4 is 0 Å². The van der Waals surface area contributed by atoms with Gasteiger partial charge < -0.3 is 5.73 Å². The number of nitrogens with zero attached hydrogens (tertiary/aromatic N) is 1. The number of rotatable bonds is 3. The lowest BCUT2D eigenvalue weighted by atomic mass is 9.90. The van der Waals surface area contributed by atoms with Crippen molar-refractivity contribution < 1.29 is 0 Å². The number of hydrogen-bond acceptors (Lipinski definition) is 2. The van der Waals surface area contributed by atoms with Gasteiger partial charge in [0.1, 0.15) is 0 Å². The minimum absolute atomic E-state index is 0.163. The molecule has 76 valence electrons. The first kappa shape index (κ1) is 9.66. The Morgan fingerprint density at radius 3 is 2.79 bits per heavy atom. The molecular formula is C12H18N2. The van der Waals surface area contributed by atoms with Gasteiger partial charge in [0, 0.05) is 18.4 Å². The van der Waals surface area contributed by atoms with Crippen molar-refractivity contribution in [1.29, 1.82) is 0 Å². The van der Waals surface area contributed by atoms with Crippen LogP contribution in [0.2, 0.25) is 0 Å². The van der Waals surface area contributed by atoms with Gasteiger partial charge in [0.2, 0.25) is 0 Å². The molecule has 2 rings (SSSR count). The topological polar surface area (TPSA) is 38.9 Å². The smallest absolute Gasteiger partial charge is 0.0341 e. The molecule has 0 saturated heterocycles. The van der Waals surface area contributed by atoms with E-state index in [1.54, 1.807) is 0 Å². The largest absolute Gasteiger partial charge is 0.324 e. The van der Waals surface area contributed by atoms with Crippen LogP contribution in [0, 0.1) is 18.8 Å². The average molecular weight is 190 g/mol. The molecule has 2 N–H and O–H groups in total. The quantitative estimate of drug-likeness (QED) is 0.795. The summed E-state index contributed by atoms with van der Waals surface area (Å²) in [6.45, 7) is 4.37. The van der Waals surface area contributed by atoms with E-state index in [1.807, 2.05) is 18.5 Å². The second kappa shape index (κ2) is 3.70. The Labute approximate surface area is 85.5 Å². The zero-order chi connectivity index (χ0) is 10.1. The first-order chi connectivity index (χ1) is 6.70. The molecule has 0 amide bonds. The first-order valence-electron chi connectivity index (χ1n) is 5.36. The highest BCUT2D eigenvalue weighted by Crippen LogP contribution is 2.41. The minimum atomic E-state index is 0.163. The third kappa shape index (κ3) is 1.80. The van der Waals surface area contributed by atoms with Crippen LogP contribution in [0.1, 0.15) is 36.9 Å². The van der Waals surface area contributed by atoms with E-state index < -0.39 is 0 Å². The van der Waals surface area contributed by atoms with Gasteiger partial charge in [0.25, 0.3) is 0 Å². The average Bonchev–Trinajstić information content (AvgIpc) is 3.00. The highest BCUT2D eigenvalue weighted by Gasteiger charge is 2.32. The molecule has 1 aliphatic rings. The molecule has 0 aromatic carbocycles. The van der Waals surface area contributed by atoms with Crippen LogP contribution in [-0.4, -0.2) is 4.98 Å². The van der Waals surface area contributed by atoms with E-state index in [4.69, 9.17) is 5.73 Å². The fourth-order valence-electron chi connectivity index (χ4n) is 2.02. The summed E-state index contributed by atoms with van der Waals surface area (Å²) >= 11 is 0. The Morgan fingerprint density at radius 2 is 2.21 bits per heavy atom. The third-order valence-electron chi connectivity index (χ3n) is 3.37. The molecule has 0 aliphatic heterocycles. The Balaban J connectivity index is 2.17. The molecule has 2 heteroatoms. The Hall–Kier alpha value is -0.890. The molecule has 0 spiro atoms. The standard InChI is InChI=1S/C12H18N2/c1-8-5-6-14-7-11(8)12(13)9(2)10-3-4-10/h5-7,9-10,12H,3-4,13H2,1-2H3. The molecule has 14 heavy (non-hydrogen) atoms. The number of hydrogen-bond donors (Lipinski definition) is 1. The van der Waals surface area contributed by atoms with Crippen molar-refractivity contribution in [3.8, 4) is 0 Å². The van der Waals surface area contributed by atoms with Crippen molar-refractivity contribution in [2.45, 2.75) is 32.7 Å². The van der Waals surface area contributed by atoms with Crippen molar-refractivity contribution in [2.75, 3.05) is 0 Å². The van der Waals surface area contributed by atoms with E-state index in [2.05, 4.69) is 18.8 Å². The van der Waals surface area contributed by atoms with E-state index in [9.17, 15) is 0 Å². The van der Waals surface area contributed by atoms with Crippen LogP contribution >= 0.6 is 0 Å². The van der Waals surface area contributed by atoms with Crippen molar-refractivity contribution in [1.82, 2.24) is 4.98 Å². The molecule has 1 saturated carbocycles. The van der Waals surface area contributed by atoms with Crippen LogP contribution in [0.3, 0.4) is 0 Å². The maximum Gasteiger partial charge on any atom is 0.0341 e.